The molecule has 8 nitrogen and oxygen atoms in total. The van der Waals surface area contributed by atoms with Crippen molar-refractivity contribution in [3.05, 3.63) is 29.4 Å². The third kappa shape index (κ3) is 5.51. The van der Waals surface area contributed by atoms with Crippen LogP contribution in [0.25, 0.3) is 11.3 Å². The Morgan fingerprint density at radius 2 is 2.16 bits per heavy atom. The fourth-order valence-corrected chi connectivity index (χ4v) is 4.16. The second-order valence-corrected chi connectivity index (χ2v) is 9.16. The quantitative estimate of drug-likeness (QED) is 0.604. The molecule has 4 rings (SSSR count). The summed E-state index contributed by atoms with van der Waals surface area (Å²) in [5.74, 6) is -0.418. The fourth-order valence-electron chi connectivity index (χ4n) is 3.96. The predicted molar refractivity (Wildman–Crippen MR) is 121 cm³/mol. The van der Waals surface area contributed by atoms with E-state index in [1.165, 1.54) is 12.4 Å². The SMILES string of the molecule is CC1(CNc2nc(-c3cc(NC(=O)C4CCCNC4)ncc3Cl)cnc2F)CCOCC1. The average Bonchev–Trinajstić information content (AvgIpc) is 2.81. The summed E-state index contributed by atoms with van der Waals surface area (Å²) in [6, 6.07) is 1.64. The molecule has 2 saturated heterocycles. The molecule has 1 atom stereocenters. The van der Waals surface area contributed by atoms with Gasteiger partial charge in [-0.2, -0.15) is 4.39 Å². The van der Waals surface area contributed by atoms with Crippen molar-refractivity contribution < 1.29 is 13.9 Å². The molecule has 10 heteroatoms. The zero-order chi connectivity index (χ0) is 22.6. The van der Waals surface area contributed by atoms with E-state index >= 15 is 0 Å². The van der Waals surface area contributed by atoms with E-state index in [9.17, 15) is 9.18 Å². The fraction of sp³-hybridized carbons (Fsp3) is 0.545. The van der Waals surface area contributed by atoms with Crippen LogP contribution in [0.4, 0.5) is 16.0 Å². The van der Waals surface area contributed by atoms with Crippen LogP contribution in [0.2, 0.25) is 5.02 Å². The molecule has 0 aliphatic carbocycles. The van der Waals surface area contributed by atoms with Gasteiger partial charge in [0.1, 0.15) is 5.82 Å². The molecule has 172 valence electrons. The van der Waals surface area contributed by atoms with Crippen LogP contribution in [0.1, 0.15) is 32.6 Å². The highest BCUT2D eigenvalue weighted by atomic mass is 35.5. The van der Waals surface area contributed by atoms with Gasteiger partial charge in [0, 0.05) is 38.1 Å². The molecule has 0 radical (unpaired) electrons. The van der Waals surface area contributed by atoms with Crippen LogP contribution >= 0.6 is 11.6 Å². The van der Waals surface area contributed by atoms with Crippen molar-refractivity contribution in [1.29, 1.82) is 0 Å². The van der Waals surface area contributed by atoms with Crippen molar-refractivity contribution in [3.63, 3.8) is 0 Å². The monoisotopic (exact) mass is 462 g/mol. The molecule has 2 fully saturated rings. The lowest BCUT2D eigenvalue weighted by atomic mass is 9.82. The number of halogens is 2. The first-order chi connectivity index (χ1) is 15.4. The largest absolute Gasteiger partial charge is 0.381 e. The summed E-state index contributed by atoms with van der Waals surface area (Å²) in [5.41, 5.74) is 0.919. The number of pyridine rings is 1. The first kappa shape index (κ1) is 22.8. The number of hydrogen-bond acceptors (Lipinski definition) is 7. The molecule has 2 aromatic heterocycles. The standard InChI is InChI=1S/C22H28ClFN6O2/c1-22(4-7-32-8-5-22)13-28-20-19(24)27-12-17(29-20)15-9-18(26-11-16(15)23)30-21(31)14-3-2-6-25-10-14/h9,11-12,14,25H,2-8,10,13H2,1H3,(H,28,29)(H,26,30,31). The molecule has 1 unspecified atom stereocenters. The Morgan fingerprint density at radius 3 is 2.91 bits per heavy atom. The minimum atomic E-state index is -0.673. The van der Waals surface area contributed by atoms with Crippen molar-refractivity contribution in [1.82, 2.24) is 20.3 Å². The maximum Gasteiger partial charge on any atom is 0.255 e. The lowest BCUT2D eigenvalue weighted by Crippen LogP contribution is -2.37. The number of aromatic nitrogens is 3. The number of piperidine rings is 1. The Morgan fingerprint density at radius 1 is 1.34 bits per heavy atom. The van der Waals surface area contributed by atoms with Crippen LogP contribution in [0.15, 0.2) is 18.5 Å². The number of nitrogens with zero attached hydrogens (tertiary/aromatic N) is 3. The van der Waals surface area contributed by atoms with E-state index in [2.05, 4.69) is 37.8 Å². The minimum absolute atomic E-state index is 0.00210. The third-order valence-electron chi connectivity index (χ3n) is 6.16. The lowest BCUT2D eigenvalue weighted by Gasteiger charge is -2.33. The number of amides is 1. The lowest BCUT2D eigenvalue weighted by molar-refractivity contribution is -0.120. The summed E-state index contributed by atoms with van der Waals surface area (Å²) in [4.78, 5) is 25.0. The summed E-state index contributed by atoms with van der Waals surface area (Å²) in [6.07, 6.45) is 6.36. The van der Waals surface area contributed by atoms with E-state index in [4.69, 9.17) is 16.3 Å². The Kier molecular flexibility index (Phi) is 7.17. The van der Waals surface area contributed by atoms with E-state index < -0.39 is 5.95 Å². The Bertz CT molecular complexity index is 963. The summed E-state index contributed by atoms with van der Waals surface area (Å²) >= 11 is 6.35. The molecular weight excluding hydrogens is 435 g/mol. The number of ether oxygens (including phenoxy) is 1. The van der Waals surface area contributed by atoms with Crippen LogP contribution in [0.5, 0.6) is 0 Å². The minimum Gasteiger partial charge on any atom is -0.381 e. The molecule has 0 bridgehead atoms. The van der Waals surface area contributed by atoms with Crippen molar-refractivity contribution in [3.8, 4) is 11.3 Å². The first-order valence-electron chi connectivity index (χ1n) is 11.0. The average molecular weight is 463 g/mol. The van der Waals surface area contributed by atoms with Crippen LogP contribution in [-0.4, -0.2) is 53.7 Å². The maximum absolute atomic E-state index is 14.4. The molecule has 1 amide bonds. The van der Waals surface area contributed by atoms with Gasteiger partial charge in [-0.1, -0.05) is 18.5 Å². The number of carbonyl (C=O) groups is 1. The van der Waals surface area contributed by atoms with Gasteiger partial charge in [-0.3, -0.25) is 4.79 Å². The highest BCUT2D eigenvalue weighted by molar-refractivity contribution is 6.33. The number of hydrogen-bond donors (Lipinski definition) is 3. The molecule has 0 saturated carbocycles. The molecule has 2 aliphatic heterocycles. The zero-order valence-electron chi connectivity index (χ0n) is 18.1. The molecule has 2 aromatic rings. The van der Waals surface area contributed by atoms with Crippen LogP contribution in [0.3, 0.4) is 0 Å². The van der Waals surface area contributed by atoms with Gasteiger partial charge < -0.3 is 20.7 Å². The number of nitrogens with one attached hydrogen (secondary N) is 3. The smallest absolute Gasteiger partial charge is 0.255 e. The summed E-state index contributed by atoms with van der Waals surface area (Å²) < 4.78 is 19.8. The molecule has 32 heavy (non-hydrogen) atoms. The second kappa shape index (κ2) is 10.1. The van der Waals surface area contributed by atoms with Crippen LogP contribution in [0, 0.1) is 17.3 Å². The van der Waals surface area contributed by atoms with Crippen molar-refractivity contribution >= 4 is 29.1 Å². The maximum atomic E-state index is 14.4. The third-order valence-corrected chi connectivity index (χ3v) is 6.46. The van der Waals surface area contributed by atoms with Crippen molar-refractivity contribution in [2.45, 2.75) is 32.6 Å². The van der Waals surface area contributed by atoms with Gasteiger partial charge in [-0.15, -0.1) is 0 Å². The summed E-state index contributed by atoms with van der Waals surface area (Å²) in [6.45, 7) is 5.69. The molecule has 4 heterocycles. The van der Waals surface area contributed by atoms with Crippen molar-refractivity contribution in [2.75, 3.05) is 43.5 Å². The van der Waals surface area contributed by atoms with Gasteiger partial charge in [0.2, 0.25) is 5.91 Å². The zero-order valence-corrected chi connectivity index (χ0v) is 18.8. The number of carbonyl (C=O) groups excluding carboxylic acids is 1. The van der Waals surface area contributed by atoms with Gasteiger partial charge in [0.25, 0.3) is 5.95 Å². The second-order valence-electron chi connectivity index (χ2n) is 8.75. The Hall–Kier alpha value is -2.36. The van der Waals surface area contributed by atoms with Crippen molar-refractivity contribution in [2.24, 2.45) is 11.3 Å². The molecule has 0 spiro atoms. The van der Waals surface area contributed by atoms with Gasteiger partial charge in [0.15, 0.2) is 5.82 Å². The highest BCUT2D eigenvalue weighted by Crippen LogP contribution is 2.32. The molecule has 3 N–H and O–H groups in total. The van der Waals surface area contributed by atoms with E-state index in [-0.39, 0.29) is 23.1 Å². The van der Waals surface area contributed by atoms with Crippen LogP contribution < -0.4 is 16.0 Å². The van der Waals surface area contributed by atoms with E-state index in [0.717, 1.165) is 32.2 Å². The van der Waals surface area contributed by atoms with Crippen LogP contribution in [-0.2, 0) is 9.53 Å². The van der Waals surface area contributed by atoms with Gasteiger partial charge in [-0.25, -0.2) is 15.0 Å². The Labute approximate surface area is 191 Å². The van der Waals surface area contributed by atoms with E-state index in [1.807, 2.05) is 0 Å². The van der Waals surface area contributed by atoms with E-state index in [1.54, 1.807) is 6.07 Å². The normalized spacial score (nSPS) is 20.5. The van der Waals surface area contributed by atoms with Gasteiger partial charge >= 0.3 is 0 Å². The van der Waals surface area contributed by atoms with Gasteiger partial charge in [0.05, 0.1) is 22.8 Å². The number of anilines is 2. The predicted octanol–water partition coefficient (Wildman–Crippen LogP) is 3.50. The Balaban J connectivity index is 1.50. The van der Waals surface area contributed by atoms with Gasteiger partial charge in [-0.05, 0) is 43.7 Å². The summed E-state index contributed by atoms with van der Waals surface area (Å²) in [7, 11) is 0. The molecule has 2 aliphatic rings. The number of rotatable bonds is 6. The highest BCUT2D eigenvalue weighted by Gasteiger charge is 2.28. The first-order valence-corrected chi connectivity index (χ1v) is 11.3. The topological polar surface area (TPSA) is 101 Å². The van der Waals surface area contributed by atoms with E-state index in [0.29, 0.717) is 48.4 Å². The molecule has 0 aromatic carbocycles. The molecular formula is C22H28ClFN6O2. The summed E-state index contributed by atoms with van der Waals surface area (Å²) in [5, 5.41) is 9.52.